The minimum atomic E-state index is -1.30. The molecule has 0 spiro atoms. The van der Waals surface area contributed by atoms with Crippen LogP contribution in [-0.2, 0) is 0 Å². The van der Waals surface area contributed by atoms with Crippen LogP contribution in [0.4, 0.5) is 5.69 Å². The second-order valence-corrected chi connectivity index (χ2v) is 7.26. The van der Waals surface area contributed by atoms with E-state index in [0.717, 1.165) is 12.8 Å². The average molecular weight is 328 g/mol. The largest absolute Gasteiger partial charge is 0.477 e. The van der Waals surface area contributed by atoms with E-state index in [9.17, 15) is 14.9 Å². The summed E-state index contributed by atoms with van der Waals surface area (Å²) < 4.78 is 0. The minimum Gasteiger partial charge on any atom is -0.477 e. The Labute approximate surface area is 130 Å². The van der Waals surface area contributed by atoms with E-state index in [4.69, 9.17) is 10.5 Å². The molecule has 2 N–H and O–H groups in total. The van der Waals surface area contributed by atoms with Crippen LogP contribution in [0.1, 0.15) is 37.0 Å². The Balaban J connectivity index is 2.72. The first-order chi connectivity index (χ1) is 9.81. The number of hydrogen-bond acceptors (Lipinski definition) is 6. The number of benzene rings is 1. The maximum atomic E-state index is 11.0. The minimum absolute atomic E-state index is 0.298. The van der Waals surface area contributed by atoms with Gasteiger partial charge in [-0.3, -0.25) is 10.1 Å². The van der Waals surface area contributed by atoms with Crippen LogP contribution in [0.3, 0.4) is 0 Å². The van der Waals surface area contributed by atoms with Gasteiger partial charge in [-0.25, -0.2) is 4.79 Å². The molecule has 1 aromatic rings. The number of nitrogens with one attached hydrogen (secondary N) is 1. The lowest BCUT2D eigenvalue weighted by molar-refractivity contribution is -0.385. The Hall–Kier alpha value is -1.54. The number of rotatable bonds is 8. The lowest BCUT2D eigenvalue weighted by Gasteiger charge is -2.10. The molecule has 0 fully saturated rings. The van der Waals surface area contributed by atoms with Crippen LogP contribution in [0.15, 0.2) is 23.1 Å². The molecule has 0 bridgehead atoms. The van der Waals surface area contributed by atoms with E-state index < -0.39 is 16.6 Å². The molecule has 0 aromatic heterocycles. The summed E-state index contributed by atoms with van der Waals surface area (Å²) in [5, 5.41) is 27.5. The number of hydrogen-bond donors (Lipinski definition) is 2. The van der Waals surface area contributed by atoms with E-state index in [-0.39, 0.29) is 5.56 Å². The quantitative estimate of drug-likeness (QED) is 0.320. The highest BCUT2D eigenvalue weighted by molar-refractivity contribution is 8.76. The highest BCUT2D eigenvalue weighted by atomic mass is 33.1. The van der Waals surface area contributed by atoms with Crippen LogP contribution in [0, 0.1) is 15.5 Å². The van der Waals surface area contributed by atoms with Crippen LogP contribution >= 0.6 is 21.6 Å². The van der Waals surface area contributed by atoms with Gasteiger partial charge in [0.2, 0.25) is 0 Å². The van der Waals surface area contributed by atoms with Crippen molar-refractivity contribution in [2.45, 2.75) is 36.8 Å². The van der Waals surface area contributed by atoms with Gasteiger partial charge in [-0.05, 0) is 31.9 Å². The van der Waals surface area contributed by atoms with Gasteiger partial charge in [0.25, 0.3) is 5.69 Å². The van der Waals surface area contributed by atoms with Crippen molar-refractivity contribution in [1.29, 1.82) is 5.41 Å². The number of carboxylic acids is 1. The molecular weight excluding hydrogens is 312 g/mol. The summed E-state index contributed by atoms with van der Waals surface area (Å²) in [4.78, 5) is 21.8. The van der Waals surface area contributed by atoms with Gasteiger partial charge in [-0.15, -0.1) is 0 Å². The van der Waals surface area contributed by atoms with Crippen molar-refractivity contribution in [2.24, 2.45) is 0 Å². The molecule has 1 rings (SSSR count). The van der Waals surface area contributed by atoms with Gasteiger partial charge in [0.1, 0.15) is 5.56 Å². The van der Waals surface area contributed by atoms with Gasteiger partial charge < -0.3 is 10.5 Å². The summed E-state index contributed by atoms with van der Waals surface area (Å²) in [6.45, 7) is 3.80. The Morgan fingerprint density at radius 3 is 2.71 bits per heavy atom. The highest BCUT2D eigenvalue weighted by Gasteiger charge is 2.20. The molecule has 0 radical (unpaired) electrons. The third-order valence-corrected chi connectivity index (χ3v) is 5.59. The molecule has 0 saturated carbocycles. The van der Waals surface area contributed by atoms with Gasteiger partial charge in [0.15, 0.2) is 0 Å². The zero-order valence-corrected chi connectivity index (χ0v) is 13.3. The van der Waals surface area contributed by atoms with E-state index >= 15 is 0 Å². The van der Waals surface area contributed by atoms with Crippen LogP contribution in [0.2, 0.25) is 0 Å². The predicted molar refractivity (Wildman–Crippen MR) is 85.6 cm³/mol. The predicted octanol–water partition coefficient (Wildman–Crippen LogP) is 4.24. The lowest BCUT2D eigenvalue weighted by Crippen LogP contribution is -2.02. The van der Waals surface area contributed by atoms with Crippen molar-refractivity contribution in [2.75, 3.05) is 0 Å². The summed E-state index contributed by atoms with van der Waals surface area (Å²) in [5.74, 6) is -1.30. The zero-order chi connectivity index (χ0) is 16.0. The summed E-state index contributed by atoms with van der Waals surface area (Å²) in [6, 6.07) is 4.10. The number of nitro benzene ring substituents is 1. The third-order valence-electron chi connectivity index (χ3n) is 2.63. The molecule has 8 heteroatoms. The standard InChI is InChI=1S/C13H16N2O4S2/c1-8(14)3-4-9(2)20-21-10-5-6-12(15(18)19)11(7-10)13(16)17/h5-7,9,14H,3-4H2,1-2H3,(H,16,17). The second-order valence-electron chi connectivity index (χ2n) is 4.55. The van der Waals surface area contributed by atoms with Gasteiger partial charge in [0, 0.05) is 21.9 Å². The molecule has 6 nitrogen and oxygen atoms in total. The molecule has 0 amide bonds. The van der Waals surface area contributed by atoms with Crippen molar-refractivity contribution in [3.8, 4) is 0 Å². The topological polar surface area (TPSA) is 104 Å². The number of aromatic carboxylic acids is 1. The fraction of sp³-hybridized carbons (Fsp3) is 0.385. The smallest absolute Gasteiger partial charge is 0.342 e. The maximum Gasteiger partial charge on any atom is 0.342 e. The molecule has 1 unspecified atom stereocenters. The molecule has 0 saturated heterocycles. The molecule has 0 aliphatic carbocycles. The first-order valence-electron chi connectivity index (χ1n) is 6.20. The lowest BCUT2D eigenvalue weighted by atomic mass is 10.2. The normalized spacial score (nSPS) is 11.9. The first kappa shape index (κ1) is 17.5. The van der Waals surface area contributed by atoms with Gasteiger partial charge in [-0.2, -0.15) is 0 Å². The number of carbonyl (C=O) groups is 1. The Morgan fingerprint density at radius 1 is 1.52 bits per heavy atom. The van der Waals surface area contributed by atoms with Crippen molar-refractivity contribution >= 4 is 39.0 Å². The molecular formula is C13H16N2O4S2. The SMILES string of the molecule is CC(=N)CCC(C)SSc1ccc([N+](=O)[O-])c(C(=O)O)c1. The molecule has 1 aromatic carbocycles. The fourth-order valence-corrected chi connectivity index (χ4v) is 3.71. The van der Waals surface area contributed by atoms with Crippen LogP contribution < -0.4 is 0 Å². The highest BCUT2D eigenvalue weighted by Crippen LogP contribution is 2.37. The van der Waals surface area contributed by atoms with E-state index in [1.54, 1.807) is 23.8 Å². The van der Waals surface area contributed by atoms with Crippen molar-refractivity contribution in [1.82, 2.24) is 0 Å². The van der Waals surface area contributed by atoms with E-state index in [2.05, 4.69) is 0 Å². The van der Waals surface area contributed by atoms with Crippen LogP contribution in [0.25, 0.3) is 0 Å². The summed E-state index contributed by atoms with van der Waals surface area (Å²) in [5.41, 5.74) is -0.0612. The maximum absolute atomic E-state index is 11.0. The summed E-state index contributed by atoms with van der Waals surface area (Å²) in [6.07, 6.45) is 1.60. The number of nitrogens with zero attached hydrogens (tertiary/aromatic N) is 1. The Bertz CT molecular complexity index is 563. The van der Waals surface area contributed by atoms with E-state index in [0.29, 0.717) is 15.9 Å². The van der Waals surface area contributed by atoms with Crippen LogP contribution in [-0.4, -0.2) is 27.0 Å². The second kappa shape index (κ2) is 8.04. The summed E-state index contributed by atoms with van der Waals surface area (Å²) >= 11 is 0. The van der Waals surface area contributed by atoms with Gasteiger partial charge in [-0.1, -0.05) is 28.5 Å². The van der Waals surface area contributed by atoms with E-state index in [1.807, 2.05) is 6.92 Å². The summed E-state index contributed by atoms with van der Waals surface area (Å²) in [7, 11) is 2.96. The van der Waals surface area contributed by atoms with Crippen molar-refractivity contribution < 1.29 is 14.8 Å². The van der Waals surface area contributed by atoms with Crippen molar-refractivity contribution in [3.63, 3.8) is 0 Å². The van der Waals surface area contributed by atoms with Gasteiger partial charge >= 0.3 is 5.97 Å². The van der Waals surface area contributed by atoms with Crippen molar-refractivity contribution in [3.05, 3.63) is 33.9 Å². The molecule has 0 aliphatic heterocycles. The molecule has 1 atom stereocenters. The molecule has 0 heterocycles. The Kier molecular flexibility index (Phi) is 6.70. The molecule has 21 heavy (non-hydrogen) atoms. The first-order valence-corrected chi connectivity index (χ1v) is 8.41. The Morgan fingerprint density at radius 2 is 2.19 bits per heavy atom. The molecule has 0 aliphatic rings. The number of nitro groups is 1. The monoisotopic (exact) mass is 328 g/mol. The zero-order valence-electron chi connectivity index (χ0n) is 11.7. The molecule has 114 valence electrons. The van der Waals surface area contributed by atoms with Crippen LogP contribution in [0.5, 0.6) is 0 Å². The van der Waals surface area contributed by atoms with Gasteiger partial charge in [0.05, 0.1) is 4.92 Å². The number of carboxylic acid groups (broad SMARTS) is 1. The third kappa shape index (κ3) is 5.76. The average Bonchev–Trinajstić information content (AvgIpc) is 2.42. The fourth-order valence-electron chi connectivity index (χ4n) is 1.50. The van der Waals surface area contributed by atoms with E-state index in [1.165, 1.54) is 22.9 Å².